The number of carbonyl (C=O) groups is 1. The molecule has 1 N–H and O–H groups in total. The Labute approximate surface area is 203 Å². The van der Waals surface area contributed by atoms with Crippen molar-refractivity contribution in [1.29, 1.82) is 0 Å². The minimum absolute atomic E-state index is 0.0989. The Morgan fingerprint density at radius 3 is 2.34 bits per heavy atom. The summed E-state index contributed by atoms with van der Waals surface area (Å²) in [5.41, 5.74) is 3.60. The monoisotopic (exact) mass is 474 g/mol. The molecule has 0 unspecified atom stereocenters. The van der Waals surface area contributed by atoms with Crippen LogP contribution in [0.5, 0.6) is 17.2 Å². The van der Waals surface area contributed by atoms with E-state index in [-0.39, 0.29) is 22.8 Å². The van der Waals surface area contributed by atoms with Gasteiger partial charge < -0.3 is 19.5 Å². The van der Waals surface area contributed by atoms with Gasteiger partial charge in [0.1, 0.15) is 0 Å². The van der Waals surface area contributed by atoms with Crippen LogP contribution in [0.2, 0.25) is 0 Å². The van der Waals surface area contributed by atoms with E-state index in [4.69, 9.17) is 14.2 Å². The van der Waals surface area contributed by atoms with Crippen molar-refractivity contribution in [1.82, 2.24) is 0 Å². The number of allylic oxidation sites excluding steroid dienone is 1. The van der Waals surface area contributed by atoms with Gasteiger partial charge in [-0.05, 0) is 60.0 Å². The molecule has 0 fully saturated rings. The molecule has 0 saturated carbocycles. The fourth-order valence-electron chi connectivity index (χ4n) is 3.50. The zero-order valence-corrected chi connectivity index (χ0v) is 19.9. The highest BCUT2D eigenvalue weighted by Gasteiger charge is 2.17. The highest BCUT2D eigenvalue weighted by atomic mass is 16.6. The third-order valence-corrected chi connectivity index (χ3v) is 5.19. The average Bonchev–Trinajstić information content (AvgIpc) is 2.86. The molecule has 0 atom stereocenters. The lowest BCUT2D eigenvalue weighted by Crippen LogP contribution is -2.00. The fourth-order valence-corrected chi connectivity index (χ4v) is 3.50. The molecule has 0 radical (unpaired) electrons. The first-order valence-electron chi connectivity index (χ1n) is 10.7. The summed E-state index contributed by atoms with van der Waals surface area (Å²) in [5.74, 6) is 1.10. The topological polar surface area (TPSA) is 99.9 Å². The highest BCUT2D eigenvalue weighted by Crippen LogP contribution is 2.32. The number of anilines is 1. The average molecular weight is 475 g/mol. The van der Waals surface area contributed by atoms with Crippen molar-refractivity contribution in [2.45, 2.75) is 6.92 Å². The Hall–Kier alpha value is -4.59. The molecule has 0 bridgehead atoms. The van der Waals surface area contributed by atoms with Gasteiger partial charge >= 0.3 is 5.69 Å². The van der Waals surface area contributed by atoms with Crippen LogP contribution in [0.1, 0.15) is 27.0 Å². The van der Waals surface area contributed by atoms with Crippen LogP contribution in [0.15, 0.2) is 66.9 Å². The summed E-state index contributed by atoms with van der Waals surface area (Å²) < 4.78 is 15.8. The van der Waals surface area contributed by atoms with E-state index in [0.717, 1.165) is 22.4 Å². The molecule has 35 heavy (non-hydrogen) atoms. The van der Waals surface area contributed by atoms with Gasteiger partial charge in [-0.3, -0.25) is 14.9 Å². The van der Waals surface area contributed by atoms with E-state index in [1.54, 1.807) is 14.2 Å². The van der Waals surface area contributed by atoms with Crippen molar-refractivity contribution in [2.24, 2.45) is 0 Å². The molecule has 0 amide bonds. The number of ether oxygens (including phenoxy) is 3. The molecule has 0 aromatic heterocycles. The molecule has 0 spiro atoms. The van der Waals surface area contributed by atoms with E-state index < -0.39 is 4.92 Å². The molecule has 0 aliphatic rings. The number of nitrogens with one attached hydrogen (secondary N) is 1. The van der Waals surface area contributed by atoms with Gasteiger partial charge in [0, 0.05) is 29.6 Å². The van der Waals surface area contributed by atoms with Crippen LogP contribution >= 0.6 is 0 Å². The molecular weight excluding hydrogens is 448 g/mol. The van der Waals surface area contributed by atoms with Gasteiger partial charge in [0.25, 0.3) is 0 Å². The summed E-state index contributed by atoms with van der Waals surface area (Å²) in [6.07, 6.45) is 6.76. The number of aryl methyl sites for hydroxylation is 1. The second-order valence-corrected chi connectivity index (χ2v) is 7.52. The highest BCUT2D eigenvalue weighted by molar-refractivity contribution is 6.05. The number of nitro benzene ring substituents is 1. The summed E-state index contributed by atoms with van der Waals surface area (Å²) in [6, 6.07) is 15.7. The smallest absolute Gasteiger partial charge is 0.311 e. The van der Waals surface area contributed by atoms with Crippen LogP contribution in [0, 0.1) is 17.0 Å². The summed E-state index contributed by atoms with van der Waals surface area (Å²) in [4.78, 5) is 23.0. The van der Waals surface area contributed by atoms with E-state index in [1.165, 1.54) is 37.6 Å². The minimum atomic E-state index is -0.583. The standard InChI is InChI=1S/C27H26N2O6/c1-18-14-20(16-26(34-3)27(18)35-4)9-8-19-6-5-7-22(15-19)28-13-12-24(30)21-10-11-25(33-2)23(17-21)29(31)32/h5-17,28H,1-4H3/b9-8-,13-12-. The first-order chi connectivity index (χ1) is 16.9. The first-order valence-corrected chi connectivity index (χ1v) is 10.7. The Morgan fingerprint density at radius 2 is 1.66 bits per heavy atom. The number of ketones is 1. The van der Waals surface area contributed by atoms with E-state index in [0.29, 0.717) is 11.5 Å². The van der Waals surface area contributed by atoms with E-state index in [2.05, 4.69) is 5.32 Å². The third kappa shape index (κ3) is 6.26. The maximum absolute atomic E-state index is 12.4. The Bertz CT molecular complexity index is 1300. The van der Waals surface area contributed by atoms with Crippen LogP contribution in [0.25, 0.3) is 12.2 Å². The number of carbonyl (C=O) groups excluding carboxylic acids is 1. The number of methoxy groups -OCH3 is 3. The minimum Gasteiger partial charge on any atom is -0.493 e. The molecular formula is C27H26N2O6. The Morgan fingerprint density at radius 1 is 0.914 bits per heavy atom. The lowest BCUT2D eigenvalue weighted by atomic mass is 10.1. The number of rotatable bonds is 10. The molecule has 0 heterocycles. The van der Waals surface area contributed by atoms with Crippen molar-refractivity contribution >= 4 is 29.3 Å². The van der Waals surface area contributed by atoms with Gasteiger partial charge in [-0.25, -0.2) is 0 Å². The van der Waals surface area contributed by atoms with Crippen LogP contribution in [0.4, 0.5) is 11.4 Å². The summed E-state index contributed by atoms with van der Waals surface area (Å²) in [6.45, 7) is 1.96. The largest absolute Gasteiger partial charge is 0.493 e. The van der Waals surface area contributed by atoms with Crippen LogP contribution in [-0.2, 0) is 0 Å². The van der Waals surface area contributed by atoms with Gasteiger partial charge in [0.2, 0.25) is 0 Å². The van der Waals surface area contributed by atoms with E-state index >= 15 is 0 Å². The maximum atomic E-state index is 12.4. The number of benzene rings is 3. The van der Waals surface area contributed by atoms with Crippen molar-refractivity contribution in [3.8, 4) is 17.2 Å². The van der Waals surface area contributed by atoms with Crippen molar-refractivity contribution in [2.75, 3.05) is 26.6 Å². The van der Waals surface area contributed by atoms with Crippen LogP contribution in [0.3, 0.4) is 0 Å². The molecule has 180 valence electrons. The lowest BCUT2D eigenvalue weighted by Gasteiger charge is -2.11. The molecule has 3 aromatic rings. The molecule has 8 heteroatoms. The Kier molecular flexibility index (Phi) is 8.24. The molecule has 3 aromatic carbocycles. The van der Waals surface area contributed by atoms with E-state index in [9.17, 15) is 14.9 Å². The van der Waals surface area contributed by atoms with Crippen molar-refractivity contribution < 1.29 is 23.9 Å². The maximum Gasteiger partial charge on any atom is 0.311 e. The number of nitrogens with zero attached hydrogens (tertiary/aromatic N) is 1. The van der Waals surface area contributed by atoms with Crippen LogP contribution in [-0.4, -0.2) is 32.0 Å². The molecule has 0 aliphatic heterocycles. The van der Waals surface area contributed by atoms with Gasteiger partial charge in [-0.15, -0.1) is 0 Å². The van der Waals surface area contributed by atoms with Gasteiger partial charge in [0.05, 0.1) is 26.3 Å². The number of nitro groups is 1. The fraction of sp³-hybridized carbons (Fsp3) is 0.148. The predicted molar refractivity (Wildman–Crippen MR) is 136 cm³/mol. The second kappa shape index (κ2) is 11.5. The molecule has 3 rings (SSSR count). The third-order valence-electron chi connectivity index (χ3n) is 5.19. The van der Waals surface area contributed by atoms with Crippen molar-refractivity contribution in [3.63, 3.8) is 0 Å². The zero-order chi connectivity index (χ0) is 25.4. The summed E-state index contributed by atoms with van der Waals surface area (Å²) in [7, 11) is 4.56. The zero-order valence-electron chi connectivity index (χ0n) is 19.9. The number of hydrogen-bond donors (Lipinski definition) is 1. The van der Waals surface area contributed by atoms with Gasteiger partial charge in [0.15, 0.2) is 23.0 Å². The lowest BCUT2D eigenvalue weighted by molar-refractivity contribution is -0.385. The summed E-state index contributed by atoms with van der Waals surface area (Å²) >= 11 is 0. The quantitative estimate of drug-likeness (QED) is 0.128. The summed E-state index contributed by atoms with van der Waals surface area (Å²) in [5, 5.41) is 14.2. The number of hydrogen-bond acceptors (Lipinski definition) is 7. The predicted octanol–water partition coefficient (Wildman–Crippen LogP) is 5.91. The van der Waals surface area contributed by atoms with Crippen LogP contribution < -0.4 is 19.5 Å². The molecule has 0 saturated heterocycles. The van der Waals surface area contributed by atoms with Crippen molar-refractivity contribution in [3.05, 3.63) is 99.2 Å². The second-order valence-electron chi connectivity index (χ2n) is 7.52. The Balaban J connectivity index is 1.70. The first kappa shape index (κ1) is 25.0. The molecule has 8 nitrogen and oxygen atoms in total. The normalized spacial score (nSPS) is 11.0. The molecule has 0 aliphatic carbocycles. The SMILES string of the molecule is COc1ccc(C(=O)/C=C\Nc2cccc(/C=C\c3cc(C)c(OC)c(OC)c3)c2)cc1[N+](=O)[O-]. The van der Waals surface area contributed by atoms with Gasteiger partial charge in [-0.2, -0.15) is 0 Å². The van der Waals surface area contributed by atoms with Gasteiger partial charge in [-0.1, -0.05) is 24.3 Å². The van der Waals surface area contributed by atoms with E-state index in [1.807, 2.05) is 55.5 Å².